The van der Waals surface area contributed by atoms with E-state index in [4.69, 9.17) is 4.74 Å². The highest BCUT2D eigenvalue weighted by molar-refractivity contribution is 5.69. The molecule has 0 fully saturated rings. The summed E-state index contributed by atoms with van der Waals surface area (Å²) < 4.78 is 9.69. The number of rotatable bonds is 7. The molecular formula is C14H21NO3. The molecule has 0 radical (unpaired) electrons. The molecule has 0 aliphatic heterocycles. The molecule has 0 aromatic heterocycles. The zero-order chi connectivity index (χ0) is 13.4. The Hall–Kier alpha value is -1.55. The number of carbonyl (C=O) groups is 1. The number of hydrogen-bond acceptors (Lipinski definition) is 4. The van der Waals surface area contributed by atoms with Gasteiger partial charge in [-0.05, 0) is 31.0 Å². The summed E-state index contributed by atoms with van der Waals surface area (Å²) in [6.45, 7) is 2.74. The Morgan fingerprint density at radius 1 is 1.28 bits per heavy atom. The lowest BCUT2D eigenvalue weighted by Crippen LogP contribution is -2.30. The van der Waals surface area contributed by atoms with E-state index in [1.165, 1.54) is 12.7 Å². The van der Waals surface area contributed by atoms with Crippen molar-refractivity contribution in [2.24, 2.45) is 0 Å². The van der Waals surface area contributed by atoms with E-state index in [1.807, 2.05) is 12.1 Å². The van der Waals surface area contributed by atoms with Crippen molar-refractivity contribution in [3.63, 3.8) is 0 Å². The van der Waals surface area contributed by atoms with Gasteiger partial charge in [-0.15, -0.1) is 0 Å². The van der Waals surface area contributed by atoms with Crippen LogP contribution in [0.1, 0.15) is 18.9 Å². The smallest absolute Gasteiger partial charge is 0.306 e. The van der Waals surface area contributed by atoms with Crippen molar-refractivity contribution < 1.29 is 14.3 Å². The van der Waals surface area contributed by atoms with Crippen LogP contribution in [0.25, 0.3) is 0 Å². The molecule has 0 aliphatic rings. The molecule has 0 saturated carbocycles. The average Bonchev–Trinajstić information content (AvgIpc) is 2.39. The predicted octanol–water partition coefficient (Wildman–Crippen LogP) is 1.78. The SMILES string of the molecule is COC(=O)CCNC(C)Cc1ccc(OC)cc1. The minimum absolute atomic E-state index is 0.181. The Bertz CT molecular complexity index is 362. The van der Waals surface area contributed by atoms with Crippen LogP contribution in [0.3, 0.4) is 0 Å². The van der Waals surface area contributed by atoms with Crippen molar-refractivity contribution in [2.75, 3.05) is 20.8 Å². The molecule has 1 aromatic carbocycles. The lowest BCUT2D eigenvalue weighted by Gasteiger charge is -2.13. The molecule has 4 nitrogen and oxygen atoms in total. The average molecular weight is 251 g/mol. The maximum atomic E-state index is 10.9. The highest BCUT2D eigenvalue weighted by Crippen LogP contribution is 2.12. The van der Waals surface area contributed by atoms with E-state index < -0.39 is 0 Å². The van der Waals surface area contributed by atoms with Crippen LogP contribution in [0, 0.1) is 0 Å². The largest absolute Gasteiger partial charge is 0.497 e. The van der Waals surface area contributed by atoms with Gasteiger partial charge in [0.15, 0.2) is 0 Å². The van der Waals surface area contributed by atoms with Gasteiger partial charge in [0.05, 0.1) is 20.6 Å². The lowest BCUT2D eigenvalue weighted by atomic mass is 10.1. The number of methoxy groups -OCH3 is 2. The third-order valence-corrected chi connectivity index (χ3v) is 2.75. The summed E-state index contributed by atoms with van der Waals surface area (Å²) in [7, 11) is 3.06. The number of esters is 1. The maximum Gasteiger partial charge on any atom is 0.306 e. The van der Waals surface area contributed by atoms with Gasteiger partial charge in [0.1, 0.15) is 5.75 Å². The standard InChI is InChI=1S/C14H21NO3/c1-11(15-9-8-14(16)18-3)10-12-4-6-13(17-2)7-5-12/h4-7,11,15H,8-10H2,1-3H3. The van der Waals surface area contributed by atoms with Crippen molar-refractivity contribution in [1.82, 2.24) is 5.32 Å². The van der Waals surface area contributed by atoms with Gasteiger partial charge in [0, 0.05) is 12.6 Å². The van der Waals surface area contributed by atoms with E-state index in [1.54, 1.807) is 7.11 Å². The van der Waals surface area contributed by atoms with Crippen LogP contribution in [0.5, 0.6) is 5.75 Å². The van der Waals surface area contributed by atoms with Gasteiger partial charge >= 0.3 is 5.97 Å². The van der Waals surface area contributed by atoms with E-state index in [-0.39, 0.29) is 5.97 Å². The summed E-state index contributed by atoms with van der Waals surface area (Å²) in [4.78, 5) is 10.9. The Kier molecular flexibility index (Phi) is 6.22. The summed E-state index contributed by atoms with van der Waals surface area (Å²) in [6, 6.07) is 8.34. The van der Waals surface area contributed by atoms with Crippen LogP contribution < -0.4 is 10.1 Å². The van der Waals surface area contributed by atoms with E-state index >= 15 is 0 Å². The van der Waals surface area contributed by atoms with Crippen molar-refractivity contribution in [3.8, 4) is 5.75 Å². The van der Waals surface area contributed by atoms with Crippen molar-refractivity contribution >= 4 is 5.97 Å². The monoisotopic (exact) mass is 251 g/mol. The van der Waals surface area contributed by atoms with Crippen molar-refractivity contribution in [1.29, 1.82) is 0 Å². The van der Waals surface area contributed by atoms with Crippen LogP contribution in [0.4, 0.5) is 0 Å². The van der Waals surface area contributed by atoms with Crippen LogP contribution >= 0.6 is 0 Å². The van der Waals surface area contributed by atoms with E-state index in [0.717, 1.165) is 12.2 Å². The van der Waals surface area contributed by atoms with Crippen molar-refractivity contribution in [2.45, 2.75) is 25.8 Å². The molecule has 0 saturated heterocycles. The second-order valence-electron chi connectivity index (χ2n) is 4.23. The molecule has 100 valence electrons. The second kappa shape index (κ2) is 7.71. The number of hydrogen-bond donors (Lipinski definition) is 1. The molecule has 1 unspecified atom stereocenters. The van der Waals surface area contributed by atoms with Gasteiger partial charge in [0.2, 0.25) is 0 Å². The Balaban J connectivity index is 2.30. The molecule has 0 heterocycles. The fourth-order valence-electron chi connectivity index (χ4n) is 1.71. The molecular weight excluding hydrogens is 230 g/mol. The van der Waals surface area contributed by atoms with Crippen LogP contribution in [0.2, 0.25) is 0 Å². The van der Waals surface area contributed by atoms with E-state index in [2.05, 4.69) is 29.1 Å². The molecule has 1 N–H and O–H groups in total. The van der Waals surface area contributed by atoms with Gasteiger partial charge in [-0.25, -0.2) is 0 Å². The maximum absolute atomic E-state index is 10.9. The summed E-state index contributed by atoms with van der Waals surface area (Å²) in [5.41, 5.74) is 1.24. The first-order chi connectivity index (χ1) is 8.65. The number of carbonyl (C=O) groups excluding carboxylic acids is 1. The van der Waals surface area contributed by atoms with Gasteiger partial charge in [-0.1, -0.05) is 12.1 Å². The lowest BCUT2D eigenvalue weighted by molar-refractivity contribution is -0.140. The molecule has 18 heavy (non-hydrogen) atoms. The molecule has 1 aromatic rings. The number of nitrogens with one attached hydrogen (secondary N) is 1. The zero-order valence-electron chi connectivity index (χ0n) is 11.2. The molecule has 4 heteroatoms. The summed E-state index contributed by atoms with van der Waals surface area (Å²) in [5, 5.41) is 3.29. The molecule has 0 aliphatic carbocycles. The summed E-state index contributed by atoms with van der Waals surface area (Å²) >= 11 is 0. The van der Waals surface area contributed by atoms with E-state index in [0.29, 0.717) is 19.0 Å². The number of ether oxygens (including phenoxy) is 2. The fraction of sp³-hybridized carbons (Fsp3) is 0.500. The van der Waals surface area contributed by atoms with Crippen molar-refractivity contribution in [3.05, 3.63) is 29.8 Å². The first-order valence-corrected chi connectivity index (χ1v) is 6.09. The quantitative estimate of drug-likeness (QED) is 0.750. The summed E-state index contributed by atoms with van der Waals surface area (Å²) in [6.07, 6.45) is 1.33. The Morgan fingerprint density at radius 3 is 2.50 bits per heavy atom. The molecule has 0 bridgehead atoms. The molecule has 1 rings (SSSR count). The van der Waals surface area contributed by atoms with Gasteiger partial charge in [-0.3, -0.25) is 4.79 Å². The highest BCUT2D eigenvalue weighted by atomic mass is 16.5. The molecule has 0 amide bonds. The van der Waals surface area contributed by atoms with Gasteiger partial charge < -0.3 is 14.8 Å². The van der Waals surface area contributed by atoms with Gasteiger partial charge in [-0.2, -0.15) is 0 Å². The minimum atomic E-state index is -0.181. The predicted molar refractivity (Wildman–Crippen MR) is 70.8 cm³/mol. The minimum Gasteiger partial charge on any atom is -0.497 e. The van der Waals surface area contributed by atoms with Crippen LogP contribution in [0.15, 0.2) is 24.3 Å². The third kappa shape index (κ3) is 5.19. The highest BCUT2D eigenvalue weighted by Gasteiger charge is 2.05. The Labute approximate surface area is 108 Å². The second-order valence-corrected chi connectivity index (χ2v) is 4.23. The van der Waals surface area contributed by atoms with Crippen LogP contribution in [-0.2, 0) is 16.0 Å². The molecule has 1 atom stereocenters. The molecule has 0 spiro atoms. The normalized spacial score (nSPS) is 11.9. The number of benzene rings is 1. The summed E-state index contributed by atoms with van der Waals surface area (Å²) in [5.74, 6) is 0.684. The topological polar surface area (TPSA) is 47.6 Å². The van der Waals surface area contributed by atoms with Gasteiger partial charge in [0.25, 0.3) is 0 Å². The Morgan fingerprint density at radius 2 is 1.94 bits per heavy atom. The zero-order valence-corrected chi connectivity index (χ0v) is 11.2. The van der Waals surface area contributed by atoms with E-state index in [9.17, 15) is 4.79 Å². The fourth-order valence-corrected chi connectivity index (χ4v) is 1.71. The third-order valence-electron chi connectivity index (χ3n) is 2.75. The first kappa shape index (κ1) is 14.5. The van der Waals surface area contributed by atoms with Crippen LogP contribution in [-0.4, -0.2) is 32.8 Å². The first-order valence-electron chi connectivity index (χ1n) is 6.09.